The number of hydrogen-bond acceptors (Lipinski definition) is 2. The first-order valence-corrected chi connectivity index (χ1v) is 6.71. The third-order valence-corrected chi connectivity index (χ3v) is 3.51. The summed E-state index contributed by atoms with van der Waals surface area (Å²) in [6.07, 6.45) is 1.64. The molecular formula is C12H8BrIN2O. The second kappa shape index (κ2) is 5.59. The van der Waals surface area contributed by atoms with E-state index in [1.165, 1.54) is 0 Å². The largest absolute Gasteiger partial charge is 0.307 e. The minimum Gasteiger partial charge on any atom is -0.307 e. The van der Waals surface area contributed by atoms with Gasteiger partial charge in [-0.2, -0.15) is 0 Å². The zero-order valence-corrected chi connectivity index (χ0v) is 12.4. The van der Waals surface area contributed by atoms with Gasteiger partial charge < -0.3 is 5.32 Å². The number of benzene rings is 1. The van der Waals surface area contributed by atoms with Crippen molar-refractivity contribution in [3.63, 3.8) is 0 Å². The minimum absolute atomic E-state index is 0.158. The minimum atomic E-state index is -0.158. The predicted molar refractivity (Wildman–Crippen MR) is 79.0 cm³/mol. The molecule has 0 aliphatic rings. The standard InChI is InChI=1S/C12H8BrIN2O/c13-8-4-5-10(14)9(7-8)12(17)16-11-3-1-2-6-15-11/h1-7H,(H,15,16,17). The lowest BCUT2D eigenvalue weighted by Gasteiger charge is -2.06. The number of pyridine rings is 1. The van der Waals surface area contributed by atoms with Crippen molar-refractivity contribution in [2.45, 2.75) is 0 Å². The van der Waals surface area contributed by atoms with E-state index in [1.54, 1.807) is 24.4 Å². The predicted octanol–water partition coefficient (Wildman–Crippen LogP) is 3.70. The van der Waals surface area contributed by atoms with E-state index in [9.17, 15) is 4.79 Å². The number of carbonyl (C=O) groups is 1. The van der Waals surface area contributed by atoms with Crippen LogP contribution in [0, 0.1) is 3.57 Å². The second-order valence-corrected chi connectivity index (χ2v) is 5.37. The van der Waals surface area contributed by atoms with Crippen LogP contribution in [0.15, 0.2) is 47.1 Å². The Hall–Kier alpha value is -0.950. The van der Waals surface area contributed by atoms with Crippen LogP contribution in [-0.2, 0) is 0 Å². The SMILES string of the molecule is O=C(Nc1ccccn1)c1cc(Br)ccc1I. The van der Waals surface area contributed by atoms with Gasteiger partial charge >= 0.3 is 0 Å². The van der Waals surface area contributed by atoms with E-state index in [-0.39, 0.29) is 5.91 Å². The molecule has 5 heteroatoms. The zero-order chi connectivity index (χ0) is 12.3. The summed E-state index contributed by atoms with van der Waals surface area (Å²) in [6, 6.07) is 11.0. The number of nitrogens with zero attached hydrogens (tertiary/aromatic N) is 1. The number of anilines is 1. The molecule has 0 unspecified atom stereocenters. The van der Waals surface area contributed by atoms with E-state index < -0.39 is 0 Å². The van der Waals surface area contributed by atoms with Gasteiger partial charge in [0.2, 0.25) is 0 Å². The molecule has 0 bridgehead atoms. The number of hydrogen-bond donors (Lipinski definition) is 1. The molecule has 1 N–H and O–H groups in total. The highest BCUT2D eigenvalue weighted by Gasteiger charge is 2.10. The van der Waals surface area contributed by atoms with Gasteiger partial charge in [0.05, 0.1) is 5.56 Å². The van der Waals surface area contributed by atoms with E-state index in [4.69, 9.17) is 0 Å². The summed E-state index contributed by atoms with van der Waals surface area (Å²) in [5, 5.41) is 2.75. The average Bonchev–Trinajstić information content (AvgIpc) is 2.33. The zero-order valence-electron chi connectivity index (χ0n) is 8.65. The van der Waals surface area contributed by atoms with E-state index in [0.29, 0.717) is 11.4 Å². The highest BCUT2D eigenvalue weighted by molar-refractivity contribution is 14.1. The monoisotopic (exact) mass is 402 g/mol. The Labute approximate surface area is 121 Å². The van der Waals surface area contributed by atoms with Crippen molar-refractivity contribution >= 4 is 50.2 Å². The molecule has 0 saturated carbocycles. The molecule has 0 saturated heterocycles. The highest BCUT2D eigenvalue weighted by Crippen LogP contribution is 2.19. The van der Waals surface area contributed by atoms with Gasteiger partial charge in [-0.1, -0.05) is 22.0 Å². The van der Waals surface area contributed by atoms with Crippen molar-refractivity contribution in [3.05, 3.63) is 56.2 Å². The fourth-order valence-corrected chi connectivity index (χ4v) is 2.23. The Bertz CT molecular complexity index is 545. The molecule has 1 amide bonds. The Kier molecular flexibility index (Phi) is 4.11. The summed E-state index contributed by atoms with van der Waals surface area (Å²) >= 11 is 5.48. The van der Waals surface area contributed by atoms with Gasteiger partial charge in [0.15, 0.2) is 0 Å². The van der Waals surface area contributed by atoms with E-state index in [2.05, 4.69) is 48.8 Å². The van der Waals surface area contributed by atoms with Crippen LogP contribution < -0.4 is 5.32 Å². The van der Waals surface area contributed by atoms with Crippen LogP contribution in [0.4, 0.5) is 5.82 Å². The topological polar surface area (TPSA) is 42.0 Å². The number of amides is 1. The quantitative estimate of drug-likeness (QED) is 0.778. The lowest BCUT2D eigenvalue weighted by atomic mass is 10.2. The van der Waals surface area contributed by atoms with Gasteiger partial charge in [-0.25, -0.2) is 4.98 Å². The first kappa shape index (κ1) is 12.5. The van der Waals surface area contributed by atoms with Gasteiger partial charge in [0.1, 0.15) is 5.82 Å². The van der Waals surface area contributed by atoms with E-state index in [1.807, 2.05) is 18.2 Å². The lowest BCUT2D eigenvalue weighted by Crippen LogP contribution is -2.14. The van der Waals surface area contributed by atoms with Crippen molar-refractivity contribution in [3.8, 4) is 0 Å². The maximum absolute atomic E-state index is 12.0. The lowest BCUT2D eigenvalue weighted by molar-refractivity contribution is 0.102. The molecule has 17 heavy (non-hydrogen) atoms. The van der Waals surface area contributed by atoms with Gasteiger partial charge in [0, 0.05) is 14.2 Å². The molecule has 0 radical (unpaired) electrons. The molecule has 3 nitrogen and oxygen atoms in total. The molecule has 0 fully saturated rings. The second-order valence-electron chi connectivity index (χ2n) is 3.29. The van der Waals surface area contributed by atoms with Crippen molar-refractivity contribution in [1.82, 2.24) is 4.98 Å². The van der Waals surface area contributed by atoms with E-state index >= 15 is 0 Å². The Balaban J connectivity index is 2.23. The number of carbonyl (C=O) groups excluding carboxylic acids is 1. The number of aromatic nitrogens is 1. The molecule has 0 aliphatic heterocycles. The molecule has 0 atom stereocenters. The number of nitrogens with one attached hydrogen (secondary N) is 1. The maximum atomic E-state index is 12.0. The summed E-state index contributed by atoms with van der Waals surface area (Å²) in [4.78, 5) is 16.1. The van der Waals surface area contributed by atoms with Crippen molar-refractivity contribution in [2.24, 2.45) is 0 Å². The molecule has 2 aromatic rings. The third kappa shape index (κ3) is 3.26. The summed E-state index contributed by atoms with van der Waals surface area (Å²) < 4.78 is 1.78. The van der Waals surface area contributed by atoms with Crippen molar-refractivity contribution < 1.29 is 4.79 Å². The molecule has 86 valence electrons. The Morgan fingerprint density at radius 3 is 2.82 bits per heavy atom. The van der Waals surface area contributed by atoms with Gasteiger partial charge in [-0.05, 0) is 52.9 Å². The molecule has 0 aliphatic carbocycles. The molecule has 1 aromatic carbocycles. The van der Waals surface area contributed by atoms with Crippen LogP contribution in [0.5, 0.6) is 0 Å². The first-order valence-electron chi connectivity index (χ1n) is 4.84. The first-order chi connectivity index (χ1) is 8.16. The van der Waals surface area contributed by atoms with Crippen LogP contribution in [-0.4, -0.2) is 10.9 Å². The fraction of sp³-hybridized carbons (Fsp3) is 0. The Morgan fingerprint density at radius 2 is 2.12 bits per heavy atom. The average molecular weight is 403 g/mol. The van der Waals surface area contributed by atoms with Crippen LogP contribution in [0.1, 0.15) is 10.4 Å². The summed E-state index contributed by atoms with van der Waals surface area (Å²) in [5.41, 5.74) is 0.630. The van der Waals surface area contributed by atoms with Crippen molar-refractivity contribution in [2.75, 3.05) is 5.32 Å². The molecular weight excluding hydrogens is 395 g/mol. The van der Waals surface area contributed by atoms with Crippen LogP contribution in [0.2, 0.25) is 0 Å². The third-order valence-electron chi connectivity index (χ3n) is 2.08. The highest BCUT2D eigenvalue weighted by atomic mass is 127. The fourth-order valence-electron chi connectivity index (χ4n) is 1.29. The Morgan fingerprint density at radius 1 is 1.29 bits per heavy atom. The molecule has 0 spiro atoms. The molecule has 2 rings (SSSR count). The summed E-state index contributed by atoms with van der Waals surface area (Å²) in [5.74, 6) is 0.391. The molecule has 1 heterocycles. The van der Waals surface area contributed by atoms with E-state index in [0.717, 1.165) is 8.04 Å². The molecule has 1 aromatic heterocycles. The normalized spacial score (nSPS) is 10.0. The van der Waals surface area contributed by atoms with Gasteiger partial charge in [0.25, 0.3) is 5.91 Å². The van der Waals surface area contributed by atoms with Crippen LogP contribution >= 0.6 is 38.5 Å². The smallest absolute Gasteiger partial charge is 0.257 e. The van der Waals surface area contributed by atoms with Crippen LogP contribution in [0.25, 0.3) is 0 Å². The van der Waals surface area contributed by atoms with Crippen LogP contribution in [0.3, 0.4) is 0 Å². The number of halogens is 2. The summed E-state index contributed by atoms with van der Waals surface area (Å²) in [7, 11) is 0. The van der Waals surface area contributed by atoms with Gasteiger partial charge in [-0.15, -0.1) is 0 Å². The van der Waals surface area contributed by atoms with Gasteiger partial charge in [-0.3, -0.25) is 4.79 Å². The number of rotatable bonds is 2. The van der Waals surface area contributed by atoms with Crippen molar-refractivity contribution in [1.29, 1.82) is 0 Å². The summed E-state index contributed by atoms with van der Waals surface area (Å²) in [6.45, 7) is 0. The maximum Gasteiger partial charge on any atom is 0.257 e.